The lowest BCUT2D eigenvalue weighted by Gasteiger charge is -2.28. The molecule has 0 nitrogen and oxygen atoms in total. The largest absolute Gasteiger partial charge is 0.0998 e. The second-order valence-electron chi connectivity index (χ2n) is 7.04. The van der Waals surface area contributed by atoms with Gasteiger partial charge in [-0.3, -0.25) is 0 Å². The van der Waals surface area contributed by atoms with Crippen molar-refractivity contribution in [3.8, 4) is 0 Å². The highest BCUT2D eigenvalue weighted by Crippen LogP contribution is 2.39. The zero-order valence-corrected chi connectivity index (χ0v) is 12.9. The van der Waals surface area contributed by atoms with Gasteiger partial charge in [0.25, 0.3) is 0 Å². The van der Waals surface area contributed by atoms with Gasteiger partial charge in [-0.2, -0.15) is 0 Å². The zero-order chi connectivity index (χ0) is 13.9. The summed E-state index contributed by atoms with van der Waals surface area (Å²) in [5, 5.41) is 0. The molecule has 1 aromatic rings. The molecule has 2 aliphatic rings. The van der Waals surface area contributed by atoms with Crippen LogP contribution in [-0.4, -0.2) is 0 Å². The first kappa shape index (κ1) is 13.9. The van der Waals surface area contributed by atoms with Crippen molar-refractivity contribution in [3.63, 3.8) is 0 Å². The van der Waals surface area contributed by atoms with E-state index in [0.29, 0.717) is 0 Å². The van der Waals surface area contributed by atoms with Gasteiger partial charge in [0.15, 0.2) is 0 Å². The maximum Gasteiger partial charge on any atom is -0.0122 e. The van der Waals surface area contributed by atoms with Gasteiger partial charge in [-0.15, -0.1) is 0 Å². The standard InChI is InChI=1S/C20H28/c1-15-8-9-20(14-15)19-12-10-18(11-13-19)16(2)17-6-4-3-5-7-17/h10-13,16-17,20H,1,3-9,14H2,2H3. The number of hydrogen-bond acceptors (Lipinski definition) is 0. The SMILES string of the molecule is C=C1CCC(c2ccc(C(C)C3CCCCC3)cc2)C1. The lowest BCUT2D eigenvalue weighted by Crippen LogP contribution is -2.13. The monoisotopic (exact) mass is 268 g/mol. The fourth-order valence-electron chi connectivity index (χ4n) is 4.19. The third-order valence-corrected chi connectivity index (χ3v) is 5.67. The van der Waals surface area contributed by atoms with Gasteiger partial charge in [0.1, 0.15) is 0 Å². The molecule has 0 amide bonds. The minimum absolute atomic E-state index is 0.738. The third kappa shape index (κ3) is 3.00. The van der Waals surface area contributed by atoms with Gasteiger partial charge in [0, 0.05) is 0 Å². The molecular formula is C20H28. The highest BCUT2D eigenvalue weighted by Gasteiger charge is 2.23. The Morgan fingerprint density at radius 3 is 2.30 bits per heavy atom. The van der Waals surface area contributed by atoms with Crippen LogP contribution in [0.1, 0.15) is 81.3 Å². The summed E-state index contributed by atoms with van der Waals surface area (Å²) in [5.41, 5.74) is 4.52. The maximum atomic E-state index is 4.14. The molecule has 2 saturated carbocycles. The van der Waals surface area contributed by atoms with E-state index in [2.05, 4.69) is 37.8 Å². The molecule has 2 aliphatic carbocycles. The summed E-state index contributed by atoms with van der Waals surface area (Å²) in [7, 11) is 0. The number of allylic oxidation sites excluding steroid dienone is 1. The number of hydrogen-bond donors (Lipinski definition) is 0. The quantitative estimate of drug-likeness (QED) is 0.573. The Labute approximate surface area is 124 Å². The van der Waals surface area contributed by atoms with Crippen molar-refractivity contribution in [2.75, 3.05) is 0 Å². The first-order chi connectivity index (χ1) is 9.74. The second kappa shape index (κ2) is 6.16. The highest BCUT2D eigenvalue weighted by atomic mass is 14.3. The van der Waals surface area contributed by atoms with Crippen LogP contribution in [0.15, 0.2) is 36.4 Å². The van der Waals surface area contributed by atoms with Gasteiger partial charge in [-0.25, -0.2) is 0 Å². The van der Waals surface area contributed by atoms with Crippen LogP contribution in [0, 0.1) is 5.92 Å². The summed E-state index contributed by atoms with van der Waals surface area (Å²) in [4.78, 5) is 0. The first-order valence-electron chi connectivity index (χ1n) is 8.50. The van der Waals surface area contributed by atoms with Crippen LogP contribution in [0.5, 0.6) is 0 Å². The highest BCUT2D eigenvalue weighted by molar-refractivity contribution is 5.30. The molecule has 2 atom stereocenters. The molecule has 0 heterocycles. The fraction of sp³-hybridized carbons (Fsp3) is 0.600. The van der Waals surface area contributed by atoms with Gasteiger partial charge < -0.3 is 0 Å². The van der Waals surface area contributed by atoms with Crippen LogP contribution in [0.25, 0.3) is 0 Å². The Bertz CT molecular complexity index is 447. The van der Waals surface area contributed by atoms with Crippen molar-refractivity contribution < 1.29 is 0 Å². The molecule has 0 aliphatic heterocycles. The van der Waals surface area contributed by atoms with Gasteiger partial charge in [0.2, 0.25) is 0 Å². The Morgan fingerprint density at radius 2 is 1.70 bits per heavy atom. The van der Waals surface area contributed by atoms with E-state index in [1.54, 1.807) is 5.56 Å². The van der Waals surface area contributed by atoms with E-state index in [9.17, 15) is 0 Å². The van der Waals surface area contributed by atoms with Gasteiger partial charge >= 0.3 is 0 Å². The van der Waals surface area contributed by atoms with Crippen LogP contribution in [0.3, 0.4) is 0 Å². The Kier molecular flexibility index (Phi) is 4.29. The van der Waals surface area contributed by atoms with E-state index in [-0.39, 0.29) is 0 Å². The predicted molar refractivity (Wildman–Crippen MR) is 87.2 cm³/mol. The van der Waals surface area contributed by atoms with Crippen molar-refractivity contribution >= 4 is 0 Å². The third-order valence-electron chi connectivity index (χ3n) is 5.67. The minimum atomic E-state index is 0.738. The Balaban J connectivity index is 1.67. The van der Waals surface area contributed by atoms with E-state index < -0.39 is 0 Å². The first-order valence-corrected chi connectivity index (χ1v) is 8.50. The van der Waals surface area contributed by atoms with Crippen LogP contribution >= 0.6 is 0 Å². The molecule has 2 unspecified atom stereocenters. The van der Waals surface area contributed by atoms with Crippen LogP contribution in [0.2, 0.25) is 0 Å². The molecule has 1 aromatic carbocycles. The average molecular weight is 268 g/mol. The molecule has 108 valence electrons. The lowest BCUT2D eigenvalue weighted by atomic mass is 9.77. The molecule has 0 saturated heterocycles. The Hall–Kier alpha value is -1.04. The normalized spacial score (nSPS) is 25.9. The van der Waals surface area contributed by atoms with E-state index in [1.165, 1.54) is 62.5 Å². The van der Waals surface area contributed by atoms with Crippen molar-refractivity contribution in [1.82, 2.24) is 0 Å². The van der Waals surface area contributed by atoms with Crippen molar-refractivity contribution in [2.45, 2.75) is 70.1 Å². The summed E-state index contributed by atoms with van der Waals surface area (Å²) in [6.45, 7) is 6.57. The molecule has 0 N–H and O–H groups in total. The van der Waals surface area contributed by atoms with E-state index in [4.69, 9.17) is 0 Å². The van der Waals surface area contributed by atoms with E-state index in [1.807, 2.05) is 0 Å². The molecule has 20 heavy (non-hydrogen) atoms. The summed E-state index contributed by atoms with van der Waals surface area (Å²) in [5.74, 6) is 2.39. The number of rotatable bonds is 3. The summed E-state index contributed by atoms with van der Waals surface area (Å²) in [6.07, 6.45) is 10.9. The van der Waals surface area contributed by atoms with E-state index >= 15 is 0 Å². The molecule has 0 heteroatoms. The topological polar surface area (TPSA) is 0 Å². The second-order valence-corrected chi connectivity index (χ2v) is 7.04. The van der Waals surface area contributed by atoms with Crippen molar-refractivity contribution in [2.24, 2.45) is 5.92 Å². The summed E-state index contributed by atoms with van der Waals surface area (Å²) in [6, 6.07) is 9.57. The molecule has 0 aromatic heterocycles. The molecule has 3 rings (SSSR count). The summed E-state index contributed by atoms with van der Waals surface area (Å²) < 4.78 is 0. The number of benzene rings is 1. The molecular weight excluding hydrogens is 240 g/mol. The van der Waals surface area contributed by atoms with Gasteiger partial charge in [-0.1, -0.05) is 62.6 Å². The van der Waals surface area contributed by atoms with E-state index in [0.717, 1.165) is 17.8 Å². The minimum Gasteiger partial charge on any atom is -0.0998 e. The molecule has 2 fully saturated rings. The smallest absolute Gasteiger partial charge is 0.0122 e. The molecule has 0 spiro atoms. The maximum absolute atomic E-state index is 4.14. The molecule has 0 bridgehead atoms. The van der Waals surface area contributed by atoms with Gasteiger partial charge in [-0.05, 0) is 61.0 Å². The van der Waals surface area contributed by atoms with Crippen molar-refractivity contribution in [1.29, 1.82) is 0 Å². The Morgan fingerprint density at radius 1 is 1.00 bits per heavy atom. The van der Waals surface area contributed by atoms with Crippen LogP contribution in [-0.2, 0) is 0 Å². The zero-order valence-electron chi connectivity index (χ0n) is 12.9. The lowest BCUT2D eigenvalue weighted by molar-refractivity contribution is 0.316. The van der Waals surface area contributed by atoms with Crippen molar-refractivity contribution in [3.05, 3.63) is 47.5 Å². The average Bonchev–Trinajstić information content (AvgIpc) is 2.94. The van der Waals surface area contributed by atoms with Gasteiger partial charge in [0.05, 0.1) is 0 Å². The van der Waals surface area contributed by atoms with Crippen LogP contribution < -0.4 is 0 Å². The molecule has 0 radical (unpaired) electrons. The fourth-order valence-corrected chi connectivity index (χ4v) is 4.19. The van der Waals surface area contributed by atoms with Crippen LogP contribution in [0.4, 0.5) is 0 Å². The predicted octanol–water partition coefficient (Wildman–Crippen LogP) is 6.19. The summed E-state index contributed by atoms with van der Waals surface area (Å²) >= 11 is 0.